The van der Waals surface area contributed by atoms with Crippen molar-refractivity contribution in [1.29, 1.82) is 0 Å². The summed E-state index contributed by atoms with van der Waals surface area (Å²) in [5.41, 5.74) is 0. The molecule has 11 heavy (non-hydrogen) atoms. The highest BCUT2D eigenvalue weighted by atomic mass is 32.2. The van der Waals surface area contributed by atoms with Crippen molar-refractivity contribution in [3.63, 3.8) is 0 Å². The van der Waals surface area contributed by atoms with Crippen LogP contribution in [0.15, 0.2) is 0 Å². The van der Waals surface area contributed by atoms with Crippen LogP contribution in [0.5, 0.6) is 0 Å². The summed E-state index contributed by atoms with van der Waals surface area (Å²) in [4.78, 5) is 12.7. The van der Waals surface area contributed by atoms with E-state index in [-0.39, 0.29) is 10.8 Å². The zero-order valence-electron chi connectivity index (χ0n) is 6.66. The predicted octanol–water partition coefficient (Wildman–Crippen LogP) is 0.654. The zero-order chi connectivity index (χ0) is 8.06. The van der Waals surface area contributed by atoms with Crippen molar-refractivity contribution in [1.82, 2.24) is 4.90 Å². The van der Waals surface area contributed by atoms with E-state index in [0.29, 0.717) is 11.8 Å². The molecule has 2 atom stereocenters. The first-order valence-electron chi connectivity index (χ1n) is 3.67. The average molecular weight is 173 g/mol. The lowest BCUT2D eigenvalue weighted by molar-refractivity contribution is -0.142. The van der Waals surface area contributed by atoms with Gasteiger partial charge in [-0.25, -0.2) is 0 Å². The molecule has 0 aliphatic carbocycles. The second-order valence-electron chi connectivity index (χ2n) is 3.14. The van der Waals surface area contributed by atoms with Crippen LogP contribution in [0.3, 0.4) is 0 Å². The van der Waals surface area contributed by atoms with E-state index < -0.39 is 0 Å². The monoisotopic (exact) mass is 173 g/mol. The molecule has 0 aromatic carbocycles. The lowest BCUT2D eigenvalue weighted by atomic mass is 10.2. The number of β-lactam (4-membered cyclic amide) rings is 1. The third kappa shape index (κ3) is 0.964. The molecule has 2 saturated heterocycles. The standard InChI is InChI=1S/C7H11NO2S/c1-7(10-2)4-8-5(9)3-6(8)11-7/h6H,3-4H2,1-2H3/t6-,7-/m0/s1. The van der Waals surface area contributed by atoms with Gasteiger partial charge in [-0.2, -0.15) is 0 Å². The number of hydrogen-bond donors (Lipinski definition) is 0. The molecule has 2 aliphatic rings. The Bertz CT molecular complexity index is 209. The molecule has 0 aromatic rings. The van der Waals surface area contributed by atoms with E-state index in [1.54, 1.807) is 18.9 Å². The maximum absolute atomic E-state index is 11.0. The smallest absolute Gasteiger partial charge is 0.226 e. The molecular weight excluding hydrogens is 162 g/mol. The molecule has 0 aromatic heterocycles. The molecule has 2 aliphatic heterocycles. The van der Waals surface area contributed by atoms with Gasteiger partial charge in [0.25, 0.3) is 0 Å². The molecule has 0 spiro atoms. The lowest BCUT2D eigenvalue weighted by Crippen LogP contribution is -2.47. The summed E-state index contributed by atoms with van der Waals surface area (Å²) in [5, 5.41) is 0.396. The van der Waals surface area contributed by atoms with Gasteiger partial charge in [0.05, 0.1) is 18.3 Å². The molecule has 0 unspecified atom stereocenters. The van der Waals surface area contributed by atoms with E-state index in [2.05, 4.69) is 0 Å². The minimum Gasteiger partial charge on any atom is -0.366 e. The highest BCUT2D eigenvalue weighted by Gasteiger charge is 2.50. The normalized spacial score (nSPS) is 42.2. The average Bonchev–Trinajstić information content (AvgIpc) is 2.25. The van der Waals surface area contributed by atoms with Crippen LogP contribution in [0.2, 0.25) is 0 Å². The van der Waals surface area contributed by atoms with Crippen LogP contribution < -0.4 is 0 Å². The number of nitrogens with zero attached hydrogens (tertiary/aromatic N) is 1. The first kappa shape index (κ1) is 7.43. The molecule has 2 fully saturated rings. The summed E-state index contributed by atoms with van der Waals surface area (Å²) >= 11 is 1.75. The number of methoxy groups -OCH3 is 1. The topological polar surface area (TPSA) is 29.5 Å². The molecule has 62 valence electrons. The first-order valence-corrected chi connectivity index (χ1v) is 4.55. The van der Waals surface area contributed by atoms with Gasteiger partial charge in [0.1, 0.15) is 4.93 Å². The van der Waals surface area contributed by atoms with Crippen LogP contribution in [0.1, 0.15) is 13.3 Å². The number of hydrogen-bond acceptors (Lipinski definition) is 3. The number of carbonyl (C=O) groups excluding carboxylic acids is 1. The fraction of sp³-hybridized carbons (Fsp3) is 0.857. The lowest BCUT2D eigenvalue weighted by Gasteiger charge is -2.32. The van der Waals surface area contributed by atoms with Crippen LogP contribution in [-0.2, 0) is 9.53 Å². The highest BCUT2D eigenvalue weighted by Crippen LogP contribution is 2.46. The Morgan fingerprint density at radius 1 is 1.82 bits per heavy atom. The van der Waals surface area contributed by atoms with Gasteiger partial charge in [-0.05, 0) is 6.92 Å². The minimum atomic E-state index is -0.156. The van der Waals surface area contributed by atoms with Crippen LogP contribution >= 0.6 is 11.8 Å². The molecule has 0 saturated carbocycles. The number of carbonyl (C=O) groups is 1. The summed E-state index contributed by atoms with van der Waals surface area (Å²) in [6.45, 7) is 2.78. The summed E-state index contributed by atoms with van der Waals surface area (Å²) in [5.74, 6) is 0.267. The second kappa shape index (κ2) is 2.14. The van der Waals surface area contributed by atoms with Gasteiger partial charge in [0, 0.05) is 7.11 Å². The van der Waals surface area contributed by atoms with E-state index in [4.69, 9.17) is 4.74 Å². The van der Waals surface area contributed by atoms with Crippen LogP contribution in [0.4, 0.5) is 0 Å². The molecule has 0 bridgehead atoms. The van der Waals surface area contributed by atoms with Crippen LogP contribution in [-0.4, -0.2) is 34.8 Å². The quantitative estimate of drug-likeness (QED) is 0.545. The highest BCUT2D eigenvalue weighted by molar-refractivity contribution is 8.01. The molecule has 0 radical (unpaired) electrons. The first-order chi connectivity index (χ1) is 5.14. The van der Waals surface area contributed by atoms with Gasteiger partial charge in [-0.15, -0.1) is 11.8 Å². The Morgan fingerprint density at radius 2 is 2.55 bits per heavy atom. The van der Waals surface area contributed by atoms with Gasteiger partial charge >= 0.3 is 0 Å². The fourth-order valence-electron chi connectivity index (χ4n) is 1.47. The zero-order valence-corrected chi connectivity index (χ0v) is 7.48. The number of amides is 1. The van der Waals surface area contributed by atoms with Gasteiger partial charge in [-0.3, -0.25) is 4.79 Å². The molecule has 2 rings (SSSR count). The maximum atomic E-state index is 11.0. The Labute approximate surface area is 70.1 Å². The van der Waals surface area contributed by atoms with E-state index in [1.807, 2.05) is 11.8 Å². The van der Waals surface area contributed by atoms with Gasteiger partial charge in [0.15, 0.2) is 0 Å². The van der Waals surface area contributed by atoms with Gasteiger partial charge < -0.3 is 9.64 Å². The summed E-state index contributed by atoms with van der Waals surface area (Å²) in [6.07, 6.45) is 0.698. The number of ether oxygens (including phenoxy) is 1. The Kier molecular flexibility index (Phi) is 1.44. The largest absolute Gasteiger partial charge is 0.366 e. The summed E-state index contributed by atoms with van der Waals surface area (Å²) in [7, 11) is 1.70. The van der Waals surface area contributed by atoms with E-state index in [0.717, 1.165) is 6.54 Å². The van der Waals surface area contributed by atoms with Crippen molar-refractivity contribution in [2.24, 2.45) is 0 Å². The third-order valence-electron chi connectivity index (χ3n) is 2.29. The van der Waals surface area contributed by atoms with E-state index in [9.17, 15) is 4.79 Å². The van der Waals surface area contributed by atoms with Crippen molar-refractivity contribution < 1.29 is 9.53 Å². The van der Waals surface area contributed by atoms with Crippen LogP contribution in [0, 0.1) is 0 Å². The number of thioether (sulfide) groups is 1. The summed E-state index contributed by atoms with van der Waals surface area (Å²) in [6, 6.07) is 0. The Morgan fingerprint density at radius 3 is 3.00 bits per heavy atom. The van der Waals surface area contributed by atoms with Crippen molar-refractivity contribution in [3.05, 3.63) is 0 Å². The van der Waals surface area contributed by atoms with Crippen LogP contribution in [0.25, 0.3) is 0 Å². The third-order valence-corrected chi connectivity index (χ3v) is 3.78. The fourth-order valence-corrected chi connectivity index (χ4v) is 2.90. The van der Waals surface area contributed by atoms with Gasteiger partial charge in [0.2, 0.25) is 5.91 Å². The summed E-state index contributed by atoms with van der Waals surface area (Å²) < 4.78 is 5.30. The Hall–Kier alpha value is -0.220. The second-order valence-corrected chi connectivity index (χ2v) is 4.78. The van der Waals surface area contributed by atoms with Crippen molar-refractivity contribution in [3.8, 4) is 0 Å². The Balaban J connectivity index is 2.08. The molecule has 1 amide bonds. The predicted molar refractivity (Wildman–Crippen MR) is 43.1 cm³/mol. The maximum Gasteiger partial charge on any atom is 0.226 e. The molecule has 0 N–H and O–H groups in total. The van der Waals surface area contributed by atoms with Crippen molar-refractivity contribution in [2.75, 3.05) is 13.7 Å². The SMILES string of the molecule is CO[C@]1(C)CN2C(=O)C[C@@H]2S1. The van der Waals surface area contributed by atoms with Crippen molar-refractivity contribution in [2.45, 2.75) is 23.7 Å². The van der Waals surface area contributed by atoms with E-state index in [1.165, 1.54) is 0 Å². The van der Waals surface area contributed by atoms with Crippen molar-refractivity contribution >= 4 is 17.7 Å². The molecule has 2 heterocycles. The minimum absolute atomic E-state index is 0.156. The number of rotatable bonds is 1. The molecular formula is C7H11NO2S. The molecule has 4 heteroatoms. The number of fused-ring (bicyclic) bond motifs is 1. The molecule has 3 nitrogen and oxygen atoms in total. The van der Waals surface area contributed by atoms with Gasteiger partial charge in [-0.1, -0.05) is 0 Å². The van der Waals surface area contributed by atoms with E-state index >= 15 is 0 Å².